The summed E-state index contributed by atoms with van der Waals surface area (Å²) in [5.41, 5.74) is 9.25. The van der Waals surface area contributed by atoms with E-state index in [1.165, 1.54) is 63.6 Å². The highest BCUT2D eigenvalue weighted by Crippen LogP contribution is 2.41. The van der Waals surface area contributed by atoms with E-state index in [2.05, 4.69) is 151 Å². The fourth-order valence-electron chi connectivity index (χ4n) is 7.76. The van der Waals surface area contributed by atoms with Gasteiger partial charge in [0.15, 0.2) is 5.82 Å². The van der Waals surface area contributed by atoms with Gasteiger partial charge < -0.3 is 4.57 Å². The van der Waals surface area contributed by atoms with Crippen molar-refractivity contribution in [1.82, 2.24) is 14.5 Å². The van der Waals surface area contributed by atoms with Crippen LogP contribution in [-0.2, 0) is 0 Å². The molecule has 0 saturated carbocycles. The summed E-state index contributed by atoms with van der Waals surface area (Å²) in [5.74, 6) is 0.777. The maximum atomic E-state index is 5.31. The molecule has 0 saturated heterocycles. The molecule has 0 fully saturated rings. The smallest absolute Gasteiger partial charge is 0.160 e. The van der Waals surface area contributed by atoms with Crippen molar-refractivity contribution in [3.05, 3.63) is 140 Å². The second-order valence-electron chi connectivity index (χ2n) is 13.0. The number of para-hydroxylation sites is 1. The van der Waals surface area contributed by atoms with Crippen molar-refractivity contribution in [2.45, 2.75) is 13.1 Å². The molecule has 0 N–H and O–H groups in total. The van der Waals surface area contributed by atoms with E-state index >= 15 is 0 Å². The number of aromatic nitrogens is 3. The molecule has 222 valence electrons. The highest BCUT2D eigenvalue weighted by molar-refractivity contribution is 7.25. The van der Waals surface area contributed by atoms with Crippen LogP contribution in [0.25, 0.3) is 81.6 Å². The minimum absolute atomic E-state index is 0.777. The van der Waals surface area contributed by atoms with Gasteiger partial charge >= 0.3 is 0 Å². The van der Waals surface area contributed by atoms with Crippen molar-refractivity contribution in [2.75, 3.05) is 0 Å². The Hall–Kier alpha value is -5.36. The summed E-state index contributed by atoms with van der Waals surface area (Å²) < 4.78 is 5.13. The van der Waals surface area contributed by atoms with Crippen LogP contribution in [0.3, 0.4) is 0 Å². The molecule has 1 aliphatic heterocycles. The zero-order chi connectivity index (χ0) is 31.3. The molecular formula is C42H29N3SSi. The largest absolute Gasteiger partial charge is 0.309 e. The first-order valence-electron chi connectivity index (χ1n) is 16.1. The number of benzene rings is 6. The van der Waals surface area contributed by atoms with Crippen LogP contribution in [0.4, 0.5) is 0 Å². The molecule has 9 aromatic rings. The predicted molar refractivity (Wildman–Crippen MR) is 202 cm³/mol. The summed E-state index contributed by atoms with van der Waals surface area (Å²) in [7, 11) is -2.21. The first kappa shape index (κ1) is 26.8. The SMILES string of the molecule is C[Si]1(C)c2cc(-n3c4ccccc4c4cc5c(cc43)sc3ccccc35)ccc2-c2nc(-c3ccccc3)nc(-c3ccccc3)c21. The van der Waals surface area contributed by atoms with Crippen LogP contribution in [0.2, 0.25) is 13.1 Å². The van der Waals surface area contributed by atoms with Gasteiger partial charge in [0.05, 0.1) is 22.4 Å². The van der Waals surface area contributed by atoms with E-state index in [0.29, 0.717) is 0 Å². The second-order valence-corrected chi connectivity index (χ2v) is 18.4. The van der Waals surface area contributed by atoms with Crippen LogP contribution < -0.4 is 10.4 Å². The van der Waals surface area contributed by atoms with Crippen molar-refractivity contribution in [2.24, 2.45) is 0 Å². The van der Waals surface area contributed by atoms with Gasteiger partial charge in [-0.1, -0.05) is 116 Å². The van der Waals surface area contributed by atoms with E-state index in [4.69, 9.17) is 9.97 Å². The van der Waals surface area contributed by atoms with Crippen LogP contribution >= 0.6 is 11.3 Å². The molecule has 0 bridgehead atoms. The Kier molecular flexibility index (Phi) is 5.60. The van der Waals surface area contributed by atoms with Gasteiger partial charge in [0.1, 0.15) is 8.07 Å². The molecule has 0 amide bonds. The zero-order valence-corrected chi connectivity index (χ0v) is 27.8. The van der Waals surface area contributed by atoms with E-state index in [1.807, 2.05) is 17.4 Å². The molecule has 3 nitrogen and oxygen atoms in total. The standard InChI is InChI=1S/C42H29N3SSi/c1-47(2)38-23-28(45-34-19-11-9-17-29(34)32-24-33-30-18-10-12-20-36(30)46-37(33)25-35(32)45)21-22-31(38)40-41(47)39(26-13-5-3-6-14-26)43-42(44-40)27-15-7-4-8-16-27/h3-25H,1-2H3. The van der Waals surface area contributed by atoms with Crippen LogP contribution in [0.15, 0.2) is 140 Å². The maximum absolute atomic E-state index is 5.31. The molecule has 6 aromatic carbocycles. The van der Waals surface area contributed by atoms with E-state index in [9.17, 15) is 0 Å². The van der Waals surface area contributed by atoms with Crippen molar-refractivity contribution in [3.8, 4) is 39.6 Å². The molecular weight excluding hydrogens is 607 g/mol. The van der Waals surface area contributed by atoms with Gasteiger partial charge in [0, 0.05) is 47.8 Å². The highest BCUT2D eigenvalue weighted by Gasteiger charge is 2.42. The fourth-order valence-corrected chi connectivity index (χ4v) is 12.1. The van der Waals surface area contributed by atoms with Crippen LogP contribution in [0.1, 0.15) is 0 Å². The van der Waals surface area contributed by atoms with Gasteiger partial charge in [-0.2, -0.15) is 0 Å². The summed E-state index contributed by atoms with van der Waals surface area (Å²) in [4.78, 5) is 10.6. The first-order chi connectivity index (χ1) is 23.1. The Morgan fingerprint density at radius 1 is 0.532 bits per heavy atom. The Labute approximate surface area is 277 Å². The second kappa shape index (κ2) is 9.82. The van der Waals surface area contributed by atoms with Gasteiger partial charge in [0.2, 0.25) is 0 Å². The Morgan fingerprint density at radius 3 is 2.02 bits per heavy atom. The summed E-state index contributed by atoms with van der Waals surface area (Å²) >= 11 is 1.88. The molecule has 10 rings (SSSR count). The minimum atomic E-state index is -2.21. The summed E-state index contributed by atoms with van der Waals surface area (Å²) in [6.45, 7) is 4.93. The molecule has 4 heterocycles. The maximum Gasteiger partial charge on any atom is 0.160 e. The molecule has 0 spiro atoms. The fraction of sp³-hybridized carbons (Fsp3) is 0.0476. The van der Waals surface area contributed by atoms with Crippen LogP contribution in [0.5, 0.6) is 0 Å². The Morgan fingerprint density at radius 2 is 1.21 bits per heavy atom. The highest BCUT2D eigenvalue weighted by atomic mass is 32.1. The summed E-state index contributed by atoms with van der Waals surface area (Å²) in [6.07, 6.45) is 0. The number of thiophene rings is 1. The third kappa shape index (κ3) is 3.84. The lowest BCUT2D eigenvalue weighted by Gasteiger charge is -2.22. The van der Waals surface area contributed by atoms with E-state index in [-0.39, 0.29) is 0 Å². The molecule has 1 aliphatic rings. The van der Waals surface area contributed by atoms with E-state index in [0.717, 1.165) is 28.3 Å². The van der Waals surface area contributed by atoms with Gasteiger partial charge in [-0.05, 0) is 52.3 Å². The van der Waals surface area contributed by atoms with Gasteiger partial charge in [0.25, 0.3) is 0 Å². The van der Waals surface area contributed by atoms with Crippen LogP contribution in [0, 0.1) is 0 Å². The van der Waals surface area contributed by atoms with Crippen molar-refractivity contribution in [3.63, 3.8) is 0 Å². The lowest BCUT2D eigenvalue weighted by Crippen LogP contribution is -2.50. The number of nitrogens with zero attached hydrogens (tertiary/aromatic N) is 3. The topological polar surface area (TPSA) is 30.7 Å². The van der Waals surface area contributed by atoms with E-state index < -0.39 is 8.07 Å². The number of hydrogen-bond donors (Lipinski definition) is 0. The van der Waals surface area contributed by atoms with Gasteiger partial charge in [-0.25, -0.2) is 9.97 Å². The Bertz CT molecular complexity index is 2710. The molecule has 0 atom stereocenters. The minimum Gasteiger partial charge on any atom is -0.309 e. The molecule has 5 heteroatoms. The normalized spacial score (nSPS) is 13.5. The quantitative estimate of drug-likeness (QED) is 0.181. The summed E-state index contributed by atoms with van der Waals surface area (Å²) in [6, 6.07) is 50.5. The average molecular weight is 636 g/mol. The molecule has 47 heavy (non-hydrogen) atoms. The van der Waals surface area contributed by atoms with Crippen LogP contribution in [-0.4, -0.2) is 22.6 Å². The third-order valence-corrected chi connectivity index (χ3v) is 14.6. The number of hydrogen-bond acceptors (Lipinski definition) is 3. The van der Waals surface area contributed by atoms with Gasteiger partial charge in [-0.15, -0.1) is 11.3 Å². The van der Waals surface area contributed by atoms with E-state index in [1.54, 1.807) is 0 Å². The first-order valence-corrected chi connectivity index (χ1v) is 19.9. The molecule has 3 aromatic heterocycles. The number of rotatable bonds is 3. The molecule has 0 unspecified atom stereocenters. The van der Waals surface area contributed by atoms with Crippen molar-refractivity contribution < 1.29 is 0 Å². The van der Waals surface area contributed by atoms with Crippen molar-refractivity contribution >= 4 is 71.8 Å². The monoisotopic (exact) mass is 635 g/mol. The van der Waals surface area contributed by atoms with Gasteiger partial charge in [-0.3, -0.25) is 0 Å². The Balaban J connectivity index is 1.23. The summed E-state index contributed by atoms with van der Waals surface area (Å²) in [5, 5.41) is 7.98. The number of fused-ring (bicyclic) bond motifs is 9. The lowest BCUT2D eigenvalue weighted by atomic mass is 10.1. The molecule has 0 aliphatic carbocycles. The zero-order valence-electron chi connectivity index (χ0n) is 26.0. The average Bonchev–Trinajstić information content (AvgIpc) is 3.72. The lowest BCUT2D eigenvalue weighted by molar-refractivity contribution is 1.18. The van der Waals surface area contributed by atoms with Crippen molar-refractivity contribution in [1.29, 1.82) is 0 Å². The predicted octanol–water partition coefficient (Wildman–Crippen LogP) is 10.1. The third-order valence-electron chi connectivity index (χ3n) is 9.97. The molecule has 0 radical (unpaired) electrons.